The van der Waals surface area contributed by atoms with Crippen molar-refractivity contribution in [3.05, 3.63) is 23.7 Å². The first-order valence-corrected chi connectivity index (χ1v) is 7.50. The summed E-state index contributed by atoms with van der Waals surface area (Å²) in [6.07, 6.45) is 4.48. The average molecular weight is 264 g/mol. The average Bonchev–Trinajstić information content (AvgIpc) is 2.95. The molecule has 3 heteroatoms. The van der Waals surface area contributed by atoms with Gasteiger partial charge in [0.1, 0.15) is 5.76 Å². The summed E-state index contributed by atoms with van der Waals surface area (Å²) in [6.45, 7) is 13.2. The van der Waals surface area contributed by atoms with Gasteiger partial charge in [0.05, 0.1) is 12.8 Å². The van der Waals surface area contributed by atoms with E-state index in [-0.39, 0.29) is 5.54 Å². The minimum absolute atomic E-state index is 0.130. The van der Waals surface area contributed by atoms with Gasteiger partial charge in [0.2, 0.25) is 0 Å². The number of likely N-dealkylation sites (tertiary alicyclic amines) is 1. The van der Waals surface area contributed by atoms with Gasteiger partial charge in [-0.1, -0.05) is 13.3 Å². The van der Waals surface area contributed by atoms with Crippen molar-refractivity contribution < 1.29 is 4.42 Å². The van der Waals surface area contributed by atoms with Crippen LogP contribution in [0.25, 0.3) is 0 Å². The largest absolute Gasteiger partial charge is 0.468 e. The van der Waals surface area contributed by atoms with Crippen LogP contribution in [0.1, 0.15) is 51.9 Å². The third-order valence-electron chi connectivity index (χ3n) is 3.96. The number of hydrogen-bond donors (Lipinski definition) is 1. The molecule has 108 valence electrons. The molecule has 2 heterocycles. The van der Waals surface area contributed by atoms with Crippen LogP contribution >= 0.6 is 0 Å². The Morgan fingerprint density at radius 3 is 2.84 bits per heavy atom. The molecule has 0 aliphatic carbocycles. The van der Waals surface area contributed by atoms with Crippen molar-refractivity contribution in [3.63, 3.8) is 0 Å². The molecule has 1 saturated heterocycles. The van der Waals surface area contributed by atoms with E-state index in [0.29, 0.717) is 0 Å². The second-order valence-corrected chi connectivity index (χ2v) is 6.77. The van der Waals surface area contributed by atoms with E-state index in [0.717, 1.165) is 24.8 Å². The Morgan fingerprint density at radius 2 is 2.21 bits per heavy atom. The molecule has 1 unspecified atom stereocenters. The van der Waals surface area contributed by atoms with Crippen molar-refractivity contribution in [2.75, 3.05) is 13.1 Å². The molecule has 1 N–H and O–H groups in total. The van der Waals surface area contributed by atoms with E-state index in [2.05, 4.69) is 44.0 Å². The lowest BCUT2D eigenvalue weighted by atomic mass is 10.1. The van der Waals surface area contributed by atoms with Gasteiger partial charge in [-0.15, -0.1) is 0 Å². The Labute approximate surface area is 117 Å². The van der Waals surface area contributed by atoms with Crippen LogP contribution in [-0.2, 0) is 13.1 Å². The van der Waals surface area contributed by atoms with Gasteiger partial charge < -0.3 is 9.73 Å². The fraction of sp³-hybridized carbons (Fsp3) is 0.750. The van der Waals surface area contributed by atoms with Crippen LogP contribution in [0.15, 0.2) is 16.7 Å². The molecule has 0 spiro atoms. The van der Waals surface area contributed by atoms with Crippen LogP contribution in [0.2, 0.25) is 0 Å². The maximum atomic E-state index is 5.63. The molecule has 1 aliphatic rings. The van der Waals surface area contributed by atoms with Crippen LogP contribution in [0, 0.1) is 5.92 Å². The molecule has 0 saturated carbocycles. The van der Waals surface area contributed by atoms with Crippen LogP contribution in [0.5, 0.6) is 0 Å². The van der Waals surface area contributed by atoms with Crippen molar-refractivity contribution in [2.24, 2.45) is 5.92 Å². The van der Waals surface area contributed by atoms with Crippen LogP contribution in [0.3, 0.4) is 0 Å². The predicted octanol–water partition coefficient (Wildman–Crippen LogP) is 3.40. The van der Waals surface area contributed by atoms with Crippen LogP contribution in [0.4, 0.5) is 0 Å². The minimum Gasteiger partial charge on any atom is -0.468 e. The quantitative estimate of drug-likeness (QED) is 0.883. The zero-order valence-electron chi connectivity index (χ0n) is 12.8. The maximum Gasteiger partial charge on any atom is 0.122 e. The van der Waals surface area contributed by atoms with Crippen molar-refractivity contribution >= 4 is 0 Å². The van der Waals surface area contributed by atoms with E-state index >= 15 is 0 Å². The molecule has 1 aromatic heterocycles. The van der Waals surface area contributed by atoms with Gasteiger partial charge in [0.25, 0.3) is 0 Å². The third-order valence-corrected chi connectivity index (χ3v) is 3.96. The summed E-state index contributed by atoms with van der Waals surface area (Å²) in [6, 6.07) is 2.12. The van der Waals surface area contributed by atoms with Gasteiger partial charge in [-0.3, -0.25) is 4.90 Å². The van der Waals surface area contributed by atoms with Crippen molar-refractivity contribution in [1.82, 2.24) is 10.2 Å². The molecule has 1 aromatic rings. The second kappa shape index (κ2) is 6.10. The lowest BCUT2D eigenvalue weighted by Gasteiger charge is -2.21. The maximum absolute atomic E-state index is 5.63. The fourth-order valence-corrected chi connectivity index (χ4v) is 2.64. The zero-order chi connectivity index (χ0) is 13.9. The highest BCUT2D eigenvalue weighted by molar-refractivity contribution is 5.17. The smallest absolute Gasteiger partial charge is 0.122 e. The highest BCUT2D eigenvalue weighted by Crippen LogP contribution is 2.22. The molecule has 1 aliphatic heterocycles. The summed E-state index contributed by atoms with van der Waals surface area (Å²) in [5.41, 5.74) is 1.47. The molecule has 2 rings (SSSR count). The molecule has 19 heavy (non-hydrogen) atoms. The third kappa shape index (κ3) is 4.36. The Morgan fingerprint density at radius 1 is 1.42 bits per heavy atom. The van der Waals surface area contributed by atoms with Gasteiger partial charge >= 0.3 is 0 Å². The zero-order valence-corrected chi connectivity index (χ0v) is 12.8. The fourth-order valence-electron chi connectivity index (χ4n) is 2.64. The molecule has 1 atom stereocenters. The topological polar surface area (TPSA) is 28.4 Å². The van der Waals surface area contributed by atoms with Gasteiger partial charge in [-0.05, 0) is 45.7 Å². The molecule has 0 aromatic carbocycles. The molecule has 0 amide bonds. The van der Waals surface area contributed by atoms with E-state index < -0.39 is 0 Å². The number of nitrogens with one attached hydrogen (secondary N) is 1. The van der Waals surface area contributed by atoms with Crippen molar-refractivity contribution in [2.45, 2.75) is 59.2 Å². The normalized spacial score (nSPS) is 21.2. The molecule has 0 radical (unpaired) electrons. The predicted molar refractivity (Wildman–Crippen MR) is 79.0 cm³/mol. The lowest BCUT2D eigenvalue weighted by Crippen LogP contribution is -2.35. The number of rotatable bonds is 5. The molecule has 1 fully saturated rings. The summed E-state index contributed by atoms with van der Waals surface area (Å²) < 4.78 is 5.63. The van der Waals surface area contributed by atoms with Crippen molar-refractivity contribution in [1.29, 1.82) is 0 Å². The Hall–Kier alpha value is -0.800. The summed E-state index contributed by atoms with van der Waals surface area (Å²) in [7, 11) is 0. The van der Waals surface area contributed by atoms with E-state index in [1.54, 1.807) is 0 Å². The number of hydrogen-bond acceptors (Lipinski definition) is 3. The first kappa shape index (κ1) is 14.6. The molecular formula is C16H28N2O. The number of furan rings is 1. The summed E-state index contributed by atoms with van der Waals surface area (Å²) >= 11 is 0. The molecule has 3 nitrogen and oxygen atoms in total. The van der Waals surface area contributed by atoms with Crippen LogP contribution < -0.4 is 5.32 Å². The van der Waals surface area contributed by atoms with E-state index in [1.165, 1.54) is 31.5 Å². The molecule has 0 bridgehead atoms. The summed E-state index contributed by atoms with van der Waals surface area (Å²) in [5.74, 6) is 1.98. The highest BCUT2D eigenvalue weighted by atomic mass is 16.3. The van der Waals surface area contributed by atoms with Gasteiger partial charge in [-0.25, -0.2) is 0 Å². The summed E-state index contributed by atoms with van der Waals surface area (Å²) in [4.78, 5) is 2.56. The Kier molecular flexibility index (Phi) is 4.69. The Balaban J connectivity index is 1.89. The Bertz CT molecular complexity index is 392. The highest BCUT2D eigenvalue weighted by Gasteiger charge is 2.22. The van der Waals surface area contributed by atoms with E-state index in [1.807, 2.05) is 6.26 Å². The lowest BCUT2D eigenvalue weighted by molar-refractivity contribution is 0.309. The van der Waals surface area contributed by atoms with Crippen molar-refractivity contribution in [3.8, 4) is 0 Å². The summed E-state index contributed by atoms with van der Waals surface area (Å²) in [5, 5.41) is 3.50. The first-order valence-electron chi connectivity index (χ1n) is 7.50. The van der Waals surface area contributed by atoms with E-state index in [4.69, 9.17) is 4.42 Å². The number of nitrogens with zero attached hydrogens (tertiary/aromatic N) is 1. The van der Waals surface area contributed by atoms with Gasteiger partial charge in [0.15, 0.2) is 0 Å². The SMILES string of the molecule is CCC1CCN(Cc2ccoc2CNC(C)(C)C)C1. The van der Waals surface area contributed by atoms with Gasteiger partial charge in [-0.2, -0.15) is 0 Å². The second-order valence-electron chi connectivity index (χ2n) is 6.77. The van der Waals surface area contributed by atoms with Gasteiger partial charge in [0, 0.05) is 24.2 Å². The van der Waals surface area contributed by atoms with Crippen LogP contribution in [-0.4, -0.2) is 23.5 Å². The monoisotopic (exact) mass is 264 g/mol. The minimum atomic E-state index is 0.130. The van der Waals surface area contributed by atoms with E-state index in [9.17, 15) is 0 Å². The first-order chi connectivity index (χ1) is 8.98. The standard InChI is InChI=1S/C16H28N2O/c1-5-13-6-8-18(11-13)12-14-7-9-19-15(14)10-17-16(2,3)4/h7,9,13,17H,5-6,8,10-12H2,1-4H3. The molecular weight excluding hydrogens is 236 g/mol.